The van der Waals surface area contributed by atoms with E-state index in [1.54, 1.807) is 11.3 Å². The Morgan fingerprint density at radius 3 is 3.24 bits per heavy atom. The number of carbonyl (C=O) groups is 1. The number of rotatable bonds is 4. The van der Waals surface area contributed by atoms with E-state index in [1.807, 2.05) is 28.5 Å². The van der Waals surface area contributed by atoms with E-state index >= 15 is 0 Å². The van der Waals surface area contributed by atoms with Gasteiger partial charge in [0.25, 0.3) is 0 Å². The summed E-state index contributed by atoms with van der Waals surface area (Å²) in [6, 6.07) is 5.36. The lowest BCUT2D eigenvalue weighted by molar-refractivity contribution is -0.146. The smallest absolute Gasteiger partial charge is 0.323 e. The highest BCUT2D eigenvalue weighted by atomic mass is 32.1. The van der Waals surface area contributed by atoms with Gasteiger partial charge < -0.3 is 14.4 Å². The highest BCUT2D eigenvalue weighted by Gasteiger charge is 2.37. The fraction of sp³-hybridized carbons (Fsp3) is 0.429. The lowest BCUT2D eigenvalue weighted by Crippen LogP contribution is -2.36. The molecule has 1 aliphatic rings. The van der Waals surface area contributed by atoms with E-state index in [-0.39, 0.29) is 5.97 Å². The predicted molar refractivity (Wildman–Crippen MR) is 76.7 cm³/mol. The lowest BCUT2D eigenvalue weighted by Gasteiger charge is -2.20. The van der Waals surface area contributed by atoms with Crippen LogP contribution in [-0.2, 0) is 16.1 Å². The number of thiophene rings is 1. The molecule has 0 aliphatic carbocycles. The summed E-state index contributed by atoms with van der Waals surface area (Å²) < 4.78 is 10.1. The molecule has 2 aromatic heterocycles. The first-order valence-electron chi connectivity index (χ1n) is 6.67. The van der Waals surface area contributed by atoms with Crippen LogP contribution in [-0.4, -0.2) is 46.9 Å². The number of β-amino-alcohol motifs (C(OH)–C–C–N with tert-alkyl or cyclic N) is 1. The summed E-state index contributed by atoms with van der Waals surface area (Å²) in [7, 11) is 1.36. The molecule has 0 bridgehead atoms. The van der Waals surface area contributed by atoms with Crippen LogP contribution in [0.4, 0.5) is 0 Å². The van der Waals surface area contributed by atoms with E-state index in [9.17, 15) is 9.90 Å². The van der Waals surface area contributed by atoms with Gasteiger partial charge in [0.15, 0.2) is 5.76 Å². The van der Waals surface area contributed by atoms with E-state index < -0.39 is 12.1 Å². The van der Waals surface area contributed by atoms with Gasteiger partial charge in [0.05, 0.1) is 23.8 Å². The summed E-state index contributed by atoms with van der Waals surface area (Å²) in [5, 5.41) is 15.8. The molecule has 6 nitrogen and oxygen atoms in total. The Morgan fingerprint density at radius 2 is 2.52 bits per heavy atom. The Labute approximate surface area is 125 Å². The molecule has 0 aromatic carbocycles. The molecule has 2 atom stereocenters. The zero-order valence-corrected chi connectivity index (χ0v) is 12.4. The van der Waals surface area contributed by atoms with E-state index in [1.165, 1.54) is 7.11 Å². The standard InChI is InChI=1S/C14H16N2O4S/c1-19-14(18)11-6-10(17)8-16(11)7-9-5-12(20-15-9)13-3-2-4-21-13/h2-5,10-11,17H,6-8H2,1H3. The van der Waals surface area contributed by atoms with Gasteiger partial charge in [0, 0.05) is 25.6 Å². The average Bonchev–Trinajstić information content (AvgIpc) is 3.18. The minimum absolute atomic E-state index is 0.325. The van der Waals surface area contributed by atoms with Crippen LogP contribution in [0, 0.1) is 0 Å². The molecule has 0 saturated carbocycles. The first-order chi connectivity index (χ1) is 10.2. The quantitative estimate of drug-likeness (QED) is 0.863. The summed E-state index contributed by atoms with van der Waals surface area (Å²) >= 11 is 1.58. The summed E-state index contributed by atoms with van der Waals surface area (Å²) in [6.07, 6.45) is -0.125. The third kappa shape index (κ3) is 2.99. The van der Waals surface area contributed by atoms with Gasteiger partial charge in [-0.15, -0.1) is 11.3 Å². The normalized spacial score (nSPS) is 22.6. The van der Waals surface area contributed by atoms with Gasteiger partial charge in [-0.2, -0.15) is 0 Å². The Kier molecular flexibility index (Phi) is 4.05. The van der Waals surface area contributed by atoms with Crippen LogP contribution in [0.15, 0.2) is 28.1 Å². The van der Waals surface area contributed by atoms with Crippen molar-refractivity contribution in [1.29, 1.82) is 0 Å². The molecule has 0 amide bonds. The maximum atomic E-state index is 11.7. The molecule has 1 saturated heterocycles. The van der Waals surface area contributed by atoms with Crippen molar-refractivity contribution in [2.24, 2.45) is 0 Å². The first-order valence-corrected chi connectivity index (χ1v) is 7.54. The molecule has 112 valence electrons. The Morgan fingerprint density at radius 1 is 1.67 bits per heavy atom. The molecular weight excluding hydrogens is 292 g/mol. The zero-order chi connectivity index (χ0) is 14.8. The molecule has 0 radical (unpaired) electrons. The van der Waals surface area contributed by atoms with Gasteiger partial charge in [0.2, 0.25) is 0 Å². The highest BCUT2D eigenvalue weighted by molar-refractivity contribution is 7.13. The van der Waals surface area contributed by atoms with E-state index in [4.69, 9.17) is 9.26 Å². The maximum Gasteiger partial charge on any atom is 0.323 e. The highest BCUT2D eigenvalue weighted by Crippen LogP contribution is 2.27. The van der Waals surface area contributed by atoms with Crippen LogP contribution in [0.5, 0.6) is 0 Å². The summed E-state index contributed by atoms with van der Waals surface area (Å²) in [5.74, 6) is 0.392. The predicted octanol–water partition coefficient (Wildman–Crippen LogP) is 1.51. The Balaban J connectivity index is 1.72. The minimum atomic E-state index is -0.516. The van der Waals surface area contributed by atoms with Gasteiger partial charge in [0.1, 0.15) is 6.04 Å². The molecule has 3 rings (SSSR count). The van der Waals surface area contributed by atoms with Crippen LogP contribution in [0.1, 0.15) is 12.1 Å². The summed E-state index contributed by atoms with van der Waals surface area (Å²) in [6.45, 7) is 0.882. The van der Waals surface area contributed by atoms with Crippen LogP contribution < -0.4 is 0 Å². The van der Waals surface area contributed by atoms with Crippen molar-refractivity contribution < 1.29 is 19.2 Å². The number of likely N-dealkylation sites (tertiary alicyclic amines) is 1. The Hall–Kier alpha value is -1.70. The van der Waals surface area contributed by atoms with E-state index in [2.05, 4.69) is 5.16 Å². The number of nitrogens with zero attached hydrogens (tertiary/aromatic N) is 2. The van der Waals surface area contributed by atoms with Crippen molar-refractivity contribution in [3.05, 3.63) is 29.3 Å². The number of hydrogen-bond acceptors (Lipinski definition) is 7. The molecule has 2 unspecified atom stereocenters. The first kappa shape index (κ1) is 14.2. The van der Waals surface area contributed by atoms with Crippen molar-refractivity contribution >= 4 is 17.3 Å². The molecule has 1 fully saturated rings. The number of methoxy groups -OCH3 is 1. The zero-order valence-electron chi connectivity index (χ0n) is 11.6. The van der Waals surface area contributed by atoms with Gasteiger partial charge in [-0.25, -0.2) is 0 Å². The number of aliphatic hydroxyl groups is 1. The van der Waals surface area contributed by atoms with Crippen LogP contribution >= 0.6 is 11.3 Å². The van der Waals surface area contributed by atoms with Crippen molar-refractivity contribution in [3.63, 3.8) is 0 Å². The third-order valence-electron chi connectivity index (χ3n) is 3.54. The summed E-state index contributed by atoms with van der Waals surface area (Å²) in [5.41, 5.74) is 0.737. The third-order valence-corrected chi connectivity index (χ3v) is 4.43. The molecule has 1 aliphatic heterocycles. The van der Waals surface area contributed by atoms with Crippen LogP contribution in [0.3, 0.4) is 0 Å². The second-order valence-electron chi connectivity index (χ2n) is 5.02. The molecule has 0 spiro atoms. The molecule has 7 heteroatoms. The minimum Gasteiger partial charge on any atom is -0.468 e. The fourth-order valence-electron chi connectivity index (χ4n) is 2.56. The van der Waals surface area contributed by atoms with E-state index in [0.29, 0.717) is 19.5 Å². The van der Waals surface area contributed by atoms with Crippen molar-refractivity contribution in [1.82, 2.24) is 10.1 Å². The number of ether oxygens (including phenoxy) is 1. The number of esters is 1. The van der Waals surface area contributed by atoms with Gasteiger partial charge >= 0.3 is 5.97 Å². The average molecular weight is 308 g/mol. The molecule has 3 heterocycles. The van der Waals surface area contributed by atoms with E-state index in [0.717, 1.165) is 16.3 Å². The van der Waals surface area contributed by atoms with Gasteiger partial charge in [-0.1, -0.05) is 11.2 Å². The Bertz CT molecular complexity index is 610. The van der Waals surface area contributed by atoms with Crippen molar-refractivity contribution in [2.45, 2.75) is 25.1 Å². The fourth-order valence-corrected chi connectivity index (χ4v) is 3.24. The monoisotopic (exact) mass is 308 g/mol. The number of carbonyl (C=O) groups excluding carboxylic acids is 1. The topological polar surface area (TPSA) is 75.8 Å². The van der Waals surface area contributed by atoms with Crippen molar-refractivity contribution in [3.8, 4) is 10.6 Å². The van der Waals surface area contributed by atoms with Gasteiger partial charge in [-0.05, 0) is 11.4 Å². The summed E-state index contributed by atoms with van der Waals surface area (Å²) in [4.78, 5) is 14.6. The lowest BCUT2D eigenvalue weighted by atomic mass is 10.2. The van der Waals surface area contributed by atoms with Crippen LogP contribution in [0.25, 0.3) is 10.6 Å². The number of hydrogen-bond donors (Lipinski definition) is 1. The van der Waals surface area contributed by atoms with Crippen LogP contribution in [0.2, 0.25) is 0 Å². The second-order valence-corrected chi connectivity index (χ2v) is 5.97. The largest absolute Gasteiger partial charge is 0.468 e. The number of aliphatic hydroxyl groups excluding tert-OH is 1. The van der Waals surface area contributed by atoms with Crippen molar-refractivity contribution in [2.75, 3.05) is 13.7 Å². The van der Waals surface area contributed by atoms with Gasteiger partial charge in [-0.3, -0.25) is 9.69 Å². The maximum absolute atomic E-state index is 11.7. The number of aromatic nitrogens is 1. The molecule has 1 N–H and O–H groups in total. The molecular formula is C14H16N2O4S. The molecule has 2 aromatic rings. The SMILES string of the molecule is COC(=O)C1CC(O)CN1Cc1cc(-c2cccs2)on1. The second kappa shape index (κ2) is 5.97. The molecule has 21 heavy (non-hydrogen) atoms.